The minimum Gasteiger partial charge on any atom is -0.481 e. The van der Waals surface area contributed by atoms with Gasteiger partial charge in [-0.15, -0.1) is 0 Å². The zero-order valence-corrected chi connectivity index (χ0v) is 16.9. The van der Waals surface area contributed by atoms with E-state index in [0.717, 1.165) is 25.9 Å². The van der Waals surface area contributed by atoms with Gasteiger partial charge in [-0.3, -0.25) is 9.59 Å². The van der Waals surface area contributed by atoms with Crippen molar-refractivity contribution >= 4 is 17.5 Å². The summed E-state index contributed by atoms with van der Waals surface area (Å²) in [6.45, 7) is 5.03. The maximum atomic E-state index is 12.5. The minimum absolute atomic E-state index is 0.0891. The number of benzene rings is 2. The molecule has 1 aliphatic heterocycles. The van der Waals surface area contributed by atoms with Crippen LogP contribution in [0.25, 0.3) is 0 Å². The first kappa shape index (κ1) is 20.9. The summed E-state index contributed by atoms with van der Waals surface area (Å²) >= 11 is 0. The second-order valence-corrected chi connectivity index (χ2v) is 7.17. The highest BCUT2D eigenvalue weighted by Crippen LogP contribution is 2.16. The first-order valence-corrected chi connectivity index (χ1v) is 10.1. The summed E-state index contributed by atoms with van der Waals surface area (Å²) in [5.74, 6) is 0.186. The third-order valence-corrected chi connectivity index (χ3v) is 4.92. The molecule has 0 saturated carbocycles. The molecule has 2 amide bonds. The predicted octanol–water partition coefficient (Wildman–Crippen LogP) is 3.56. The molecule has 29 heavy (non-hydrogen) atoms. The van der Waals surface area contributed by atoms with Gasteiger partial charge in [0.2, 0.25) is 0 Å². The zero-order chi connectivity index (χ0) is 20.6. The zero-order valence-electron chi connectivity index (χ0n) is 16.9. The van der Waals surface area contributed by atoms with Crippen molar-refractivity contribution in [2.24, 2.45) is 0 Å². The summed E-state index contributed by atoms with van der Waals surface area (Å²) in [5.41, 5.74) is 2.25. The highest BCUT2D eigenvalue weighted by molar-refractivity contribution is 5.98. The molecule has 2 aromatic carbocycles. The van der Waals surface area contributed by atoms with Crippen molar-refractivity contribution in [3.8, 4) is 5.75 Å². The van der Waals surface area contributed by atoms with Gasteiger partial charge in [-0.25, -0.2) is 0 Å². The Labute approximate surface area is 171 Å². The quantitative estimate of drug-likeness (QED) is 0.715. The van der Waals surface area contributed by atoms with Crippen LogP contribution in [0.15, 0.2) is 48.5 Å². The molecule has 1 heterocycles. The van der Waals surface area contributed by atoms with E-state index in [9.17, 15) is 9.59 Å². The monoisotopic (exact) mass is 396 g/mol. The van der Waals surface area contributed by atoms with Crippen LogP contribution in [0.2, 0.25) is 0 Å². The summed E-state index contributed by atoms with van der Waals surface area (Å²) in [6.07, 6.45) is 2.37. The molecule has 2 aromatic rings. The van der Waals surface area contributed by atoms with Crippen LogP contribution in [-0.2, 0) is 16.0 Å². The Morgan fingerprint density at radius 1 is 1.21 bits per heavy atom. The van der Waals surface area contributed by atoms with Crippen molar-refractivity contribution in [2.45, 2.75) is 45.3 Å². The summed E-state index contributed by atoms with van der Waals surface area (Å²) in [5, 5.41) is 5.69. The number of hydrogen-bond donors (Lipinski definition) is 2. The summed E-state index contributed by atoms with van der Waals surface area (Å²) < 4.78 is 11.2. The van der Waals surface area contributed by atoms with E-state index in [-0.39, 0.29) is 17.9 Å². The first-order valence-electron chi connectivity index (χ1n) is 10.1. The second-order valence-electron chi connectivity index (χ2n) is 7.17. The smallest absolute Gasteiger partial charge is 0.265 e. The van der Waals surface area contributed by atoms with Gasteiger partial charge >= 0.3 is 0 Å². The molecule has 3 rings (SSSR count). The number of amides is 2. The number of carbonyl (C=O) groups excluding carboxylic acids is 2. The van der Waals surface area contributed by atoms with Gasteiger partial charge in [0.25, 0.3) is 11.8 Å². The van der Waals surface area contributed by atoms with Crippen LogP contribution in [0.4, 0.5) is 5.69 Å². The van der Waals surface area contributed by atoms with Gasteiger partial charge in [0.1, 0.15) is 5.75 Å². The fraction of sp³-hybridized carbons (Fsp3) is 0.391. The molecule has 0 radical (unpaired) electrons. The molecule has 0 bridgehead atoms. The Kier molecular flexibility index (Phi) is 7.25. The molecular weight excluding hydrogens is 368 g/mol. The van der Waals surface area contributed by atoms with Crippen LogP contribution in [0.1, 0.15) is 42.6 Å². The SMILES string of the molecule is CCc1ccc(OC(C)C(=O)Nc2cccc(C(=O)NCC3CCCO3)c2)cc1. The van der Waals surface area contributed by atoms with Gasteiger partial charge in [0, 0.05) is 24.4 Å². The highest BCUT2D eigenvalue weighted by atomic mass is 16.5. The number of carbonyl (C=O) groups is 2. The fourth-order valence-electron chi connectivity index (χ4n) is 3.16. The van der Waals surface area contributed by atoms with E-state index < -0.39 is 6.10 Å². The van der Waals surface area contributed by atoms with Gasteiger partial charge in [-0.1, -0.05) is 25.1 Å². The maximum absolute atomic E-state index is 12.5. The standard InChI is InChI=1S/C23H28N2O4/c1-3-17-9-11-20(12-10-17)29-16(2)22(26)25-19-7-4-6-18(14-19)23(27)24-15-21-8-5-13-28-21/h4,6-7,9-12,14,16,21H,3,5,8,13,15H2,1-2H3,(H,24,27)(H,25,26). The van der Waals surface area contributed by atoms with Crippen molar-refractivity contribution in [3.05, 3.63) is 59.7 Å². The van der Waals surface area contributed by atoms with Crippen molar-refractivity contribution in [3.63, 3.8) is 0 Å². The lowest BCUT2D eigenvalue weighted by Gasteiger charge is -2.15. The number of anilines is 1. The Morgan fingerprint density at radius 3 is 2.69 bits per heavy atom. The molecule has 0 aromatic heterocycles. The lowest BCUT2D eigenvalue weighted by atomic mass is 10.1. The molecule has 2 N–H and O–H groups in total. The van der Waals surface area contributed by atoms with Gasteiger partial charge in [0.05, 0.1) is 6.10 Å². The molecule has 154 valence electrons. The van der Waals surface area contributed by atoms with Crippen LogP contribution in [0.3, 0.4) is 0 Å². The van der Waals surface area contributed by atoms with Crippen molar-refractivity contribution in [1.82, 2.24) is 5.32 Å². The normalized spacial score (nSPS) is 16.8. The van der Waals surface area contributed by atoms with Gasteiger partial charge in [0.15, 0.2) is 6.10 Å². The molecule has 2 atom stereocenters. The maximum Gasteiger partial charge on any atom is 0.265 e. The predicted molar refractivity (Wildman–Crippen MR) is 112 cm³/mol. The Balaban J connectivity index is 1.53. The molecular formula is C23H28N2O4. The molecule has 0 spiro atoms. The van der Waals surface area contributed by atoms with Crippen molar-refractivity contribution in [1.29, 1.82) is 0 Å². The minimum atomic E-state index is -0.667. The van der Waals surface area contributed by atoms with E-state index in [1.165, 1.54) is 5.56 Å². The number of rotatable bonds is 8. The fourth-order valence-corrected chi connectivity index (χ4v) is 3.16. The largest absolute Gasteiger partial charge is 0.481 e. The van der Waals surface area contributed by atoms with E-state index in [0.29, 0.717) is 23.5 Å². The van der Waals surface area contributed by atoms with Gasteiger partial charge in [-0.2, -0.15) is 0 Å². The van der Waals surface area contributed by atoms with E-state index in [2.05, 4.69) is 17.6 Å². The van der Waals surface area contributed by atoms with Crippen LogP contribution >= 0.6 is 0 Å². The molecule has 6 nitrogen and oxygen atoms in total. The van der Waals surface area contributed by atoms with Crippen LogP contribution in [0.5, 0.6) is 5.75 Å². The topological polar surface area (TPSA) is 76.7 Å². The number of nitrogens with one attached hydrogen (secondary N) is 2. The summed E-state index contributed by atoms with van der Waals surface area (Å²) in [4.78, 5) is 24.8. The summed E-state index contributed by atoms with van der Waals surface area (Å²) in [7, 11) is 0. The third kappa shape index (κ3) is 6.06. The molecule has 2 unspecified atom stereocenters. The molecule has 1 aliphatic rings. The average molecular weight is 396 g/mol. The van der Waals surface area contributed by atoms with Crippen LogP contribution in [0, 0.1) is 0 Å². The Morgan fingerprint density at radius 2 is 2.00 bits per heavy atom. The molecule has 1 saturated heterocycles. The van der Waals surface area contributed by atoms with E-state index in [1.807, 2.05) is 24.3 Å². The van der Waals surface area contributed by atoms with Gasteiger partial charge in [-0.05, 0) is 62.1 Å². The second kappa shape index (κ2) is 10.1. The average Bonchev–Trinajstić information content (AvgIpc) is 3.26. The summed E-state index contributed by atoms with van der Waals surface area (Å²) in [6, 6.07) is 14.6. The van der Waals surface area contributed by atoms with Crippen molar-refractivity contribution < 1.29 is 19.1 Å². The van der Waals surface area contributed by atoms with Crippen LogP contribution < -0.4 is 15.4 Å². The van der Waals surface area contributed by atoms with Crippen molar-refractivity contribution in [2.75, 3.05) is 18.5 Å². The number of ether oxygens (including phenoxy) is 2. The van der Waals surface area contributed by atoms with E-state index >= 15 is 0 Å². The number of hydrogen-bond acceptors (Lipinski definition) is 4. The highest BCUT2D eigenvalue weighted by Gasteiger charge is 2.18. The van der Waals surface area contributed by atoms with E-state index in [4.69, 9.17) is 9.47 Å². The molecule has 0 aliphatic carbocycles. The lowest BCUT2D eigenvalue weighted by Crippen LogP contribution is -2.32. The lowest BCUT2D eigenvalue weighted by molar-refractivity contribution is -0.122. The van der Waals surface area contributed by atoms with Gasteiger partial charge < -0.3 is 20.1 Å². The van der Waals surface area contributed by atoms with Crippen LogP contribution in [-0.4, -0.2) is 37.2 Å². The third-order valence-electron chi connectivity index (χ3n) is 4.92. The van der Waals surface area contributed by atoms with E-state index in [1.54, 1.807) is 31.2 Å². The molecule has 1 fully saturated rings. The Bertz CT molecular complexity index is 829. The first-order chi connectivity index (χ1) is 14.0. The number of aryl methyl sites for hydroxylation is 1. The molecule has 6 heteroatoms. The Hall–Kier alpha value is -2.86.